The molecule has 8 nitrogen and oxygen atoms in total. The smallest absolute Gasteiger partial charge is 0.231 e. The van der Waals surface area contributed by atoms with Crippen LogP contribution in [0.5, 0.6) is 11.5 Å². The van der Waals surface area contributed by atoms with Gasteiger partial charge in [-0.15, -0.1) is 0 Å². The van der Waals surface area contributed by atoms with Crippen LogP contribution >= 0.6 is 0 Å². The molecule has 0 amide bonds. The van der Waals surface area contributed by atoms with Crippen LogP contribution in [0.15, 0.2) is 30.5 Å². The molecular weight excluding hydrogens is 358 g/mol. The molecule has 8 heteroatoms. The van der Waals surface area contributed by atoms with E-state index in [2.05, 4.69) is 37.2 Å². The maximum Gasteiger partial charge on any atom is 0.231 e. The zero-order chi connectivity index (χ0) is 19.2. The van der Waals surface area contributed by atoms with Gasteiger partial charge in [0.05, 0.1) is 0 Å². The van der Waals surface area contributed by atoms with Crippen molar-refractivity contribution < 1.29 is 14.2 Å². The zero-order valence-electron chi connectivity index (χ0n) is 16.3. The number of piperazine rings is 1. The van der Waals surface area contributed by atoms with Crippen molar-refractivity contribution in [2.45, 2.75) is 13.0 Å². The minimum Gasteiger partial charge on any atom is -0.454 e. The van der Waals surface area contributed by atoms with Crippen LogP contribution in [0.2, 0.25) is 0 Å². The summed E-state index contributed by atoms with van der Waals surface area (Å²) >= 11 is 0. The molecule has 3 heterocycles. The molecule has 1 aromatic carbocycles. The first-order valence-corrected chi connectivity index (χ1v) is 9.73. The average Bonchev–Trinajstić information content (AvgIpc) is 3.20. The summed E-state index contributed by atoms with van der Waals surface area (Å²) in [6.07, 6.45) is 2.75. The maximum absolute atomic E-state index is 5.48. The molecule has 0 spiro atoms. The lowest BCUT2D eigenvalue weighted by molar-refractivity contribution is 0.174. The lowest BCUT2D eigenvalue weighted by atomic mass is 10.1. The fourth-order valence-electron chi connectivity index (χ4n) is 3.46. The van der Waals surface area contributed by atoms with E-state index >= 15 is 0 Å². The molecule has 0 unspecified atom stereocenters. The average molecular weight is 385 g/mol. The van der Waals surface area contributed by atoms with Crippen molar-refractivity contribution in [2.75, 3.05) is 63.5 Å². The third-order valence-electron chi connectivity index (χ3n) is 4.99. The minimum atomic E-state index is 0.319. The number of rotatable bonds is 8. The number of anilines is 2. The minimum absolute atomic E-state index is 0.319. The van der Waals surface area contributed by atoms with Crippen LogP contribution in [0, 0.1) is 0 Å². The SMILES string of the molecule is COCCCNc1nccc(N2CCN(Cc3ccc4c(c3)OCO4)CC2)n1. The van der Waals surface area contributed by atoms with Gasteiger partial charge in [0.25, 0.3) is 0 Å². The Hall–Kier alpha value is -2.58. The summed E-state index contributed by atoms with van der Waals surface area (Å²) in [7, 11) is 1.71. The molecule has 0 radical (unpaired) electrons. The lowest BCUT2D eigenvalue weighted by Gasteiger charge is -2.35. The first-order valence-electron chi connectivity index (χ1n) is 9.73. The van der Waals surface area contributed by atoms with E-state index in [1.807, 2.05) is 18.3 Å². The van der Waals surface area contributed by atoms with Crippen LogP contribution in [-0.2, 0) is 11.3 Å². The number of benzene rings is 1. The highest BCUT2D eigenvalue weighted by molar-refractivity contribution is 5.45. The molecule has 150 valence electrons. The molecule has 0 saturated carbocycles. The van der Waals surface area contributed by atoms with Crippen molar-refractivity contribution >= 4 is 11.8 Å². The van der Waals surface area contributed by atoms with Crippen LogP contribution in [0.3, 0.4) is 0 Å². The Morgan fingerprint density at radius 1 is 1.11 bits per heavy atom. The van der Waals surface area contributed by atoms with E-state index < -0.39 is 0 Å². The van der Waals surface area contributed by atoms with Gasteiger partial charge in [-0.1, -0.05) is 6.07 Å². The van der Waals surface area contributed by atoms with Crippen molar-refractivity contribution in [3.05, 3.63) is 36.0 Å². The Bertz CT molecular complexity index is 780. The highest BCUT2D eigenvalue weighted by atomic mass is 16.7. The number of aromatic nitrogens is 2. The summed E-state index contributed by atoms with van der Waals surface area (Å²) in [5, 5.41) is 3.26. The molecule has 1 saturated heterocycles. The second-order valence-corrected chi connectivity index (χ2v) is 6.96. The molecule has 2 aliphatic rings. The van der Waals surface area contributed by atoms with Crippen LogP contribution < -0.4 is 19.7 Å². The quantitative estimate of drug-likeness (QED) is 0.692. The molecule has 0 bridgehead atoms. The Labute approximate surface area is 165 Å². The summed E-state index contributed by atoms with van der Waals surface area (Å²) in [6, 6.07) is 8.18. The molecule has 1 aromatic heterocycles. The third kappa shape index (κ3) is 4.63. The highest BCUT2D eigenvalue weighted by Gasteiger charge is 2.20. The van der Waals surface area contributed by atoms with E-state index in [4.69, 9.17) is 14.2 Å². The van der Waals surface area contributed by atoms with Crippen LogP contribution in [-0.4, -0.2) is 68.1 Å². The summed E-state index contributed by atoms with van der Waals surface area (Å²) < 4.78 is 15.9. The van der Waals surface area contributed by atoms with E-state index in [0.29, 0.717) is 12.7 Å². The summed E-state index contributed by atoms with van der Waals surface area (Å²) in [5.41, 5.74) is 1.25. The van der Waals surface area contributed by atoms with Crippen molar-refractivity contribution in [1.82, 2.24) is 14.9 Å². The maximum atomic E-state index is 5.48. The molecule has 1 N–H and O–H groups in total. The van der Waals surface area contributed by atoms with Gasteiger partial charge in [0, 0.05) is 59.2 Å². The predicted octanol–water partition coefficient (Wildman–Crippen LogP) is 1.98. The Morgan fingerprint density at radius 3 is 2.82 bits per heavy atom. The molecule has 2 aromatic rings. The highest BCUT2D eigenvalue weighted by Crippen LogP contribution is 2.32. The number of methoxy groups -OCH3 is 1. The number of ether oxygens (including phenoxy) is 3. The molecule has 0 atom stereocenters. The Morgan fingerprint density at radius 2 is 1.96 bits per heavy atom. The van der Waals surface area contributed by atoms with Crippen molar-refractivity contribution in [1.29, 1.82) is 0 Å². The zero-order valence-corrected chi connectivity index (χ0v) is 16.3. The van der Waals surface area contributed by atoms with E-state index in [0.717, 1.165) is 69.6 Å². The van der Waals surface area contributed by atoms with Gasteiger partial charge >= 0.3 is 0 Å². The van der Waals surface area contributed by atoms with Crippen LogP contribution in [0.25, 0.3) is 0 Å². The standard InChI is InChI=1S/C20H27N5O3/c1-26-12-2-6-21-20-22-7-5-19(23-20)25-10-8-24(9-11-25)14-16-3-4-17-18(13-16)28-15-27-17/h3-5,7,13H,2,6,8-12,14-15H2,1H3,(H,21,22,23). The monoisotopic (exact) mass is 385 g/mol. The number of nitrogens with zero attached hydrogens (tertiary/aromatic N) is 4. The topological polar surface area (TPSA) is 72.0 Å². The van der Waals surface area contributed by atoms with Gasteiger partial charge < -0.3 is 24.4 Å². The van der Waals surface area contributed by atoms with Crippen LogP contribution in [0.4, 0.5) is 11.8 Å². The van der Waals surface area contributed by atoms with Crippen molar-refractivity contribution in [3.63, 3.8) is 0 Å². The normalized spacial score (nSPS) is 16.4. The van der Waals surface area contributed by atoms with E-state index in [1.165, 1.54) is 5.56 Å². The predicted molar refractivity (Wildman–Crippen MR) is 107 cm³/mol. The van der Waals surface area contributed by atoms with Gasteiger partial charge in [-0.2, -0.15) is 4.98 Å². The summed E-state index contributed by atoms with van der Waals surface area (Å²) in [6.45, 7) is 6.66. The number of hydrogen-bond acceptors (Lipinski definition) is 8. The fraction of sp³-hybridized carbons (Fsp3) is 0.500. The Balaban J connectivity index is 1.28. The van der Waals surface area contributed by atoms with Gasteiger partial charge in [-0.3, -0.25) is 4.90 Å². The second-order valence-electron chi connectivity index (χ2n) is 6.96. The van der Waals surface area contributed by atoms with E-state index in [-0.39, 0.29) is 0 Å². The first kappa shape index (κ1) is 18.8. The van der Waals surface area contributed by atoms with Gasteiger partial charge in [0.1, 0.15) is 5.82 Å². The van der Waals surface area contributed by atoms with Gasteiger partial charge in [0.15, 0.2) is 11.5 Å². The number of fused-ring (bicyclic) bond motifs is 1. The molecule has 28 heavy (non-hydrogen) atoms. The molecule has 2 aliphatic heterocycles. The summed E-state index contributed by atoms with van der Waals surface area (Å²) in [5.74, 6) is 3.34. The number of nitrogens with one attached hydrogen (secondary N) is 1. The van der Waals surface area contributed by atoms with E-state index in [9.17, 15) is 0 Å². The molecule has 0 aliphatic carbocycles. The molecule has 1 fully saturated rings. The van der Waals surface area contributed by atoms with Crippen LogP contribution in [0.1, 0.15) is 12.0 Å². The largest absolute Gasteiger partial charge is 0.454 e. The summed E-state index contributed by atoms with van der Waals surface area (Å²) in [4.78, 5) is 13.7. The second kappa shape index (κ2) is 9.07. The third-order valence-corrected chi connectivity index (χ3v) is 4.99. The van der Waals surface area contributed by atoms with Crippen molar-refractivity contribution in [2.24, 2.45) is 0 Å². The lowest BCUT2D eigenvalue weighted by Crippen LogP contribution is -2.46. The first-order chi connectivity index (χ1) is 13.8. The fourth-order valence-corrected chi connectivity index (χ4v) is 3.46. The van der Waals surface area contributed by atoms with E-state index in [1.54, 1.807) is 7.11 Å². The molecule has 4 rings (SSSR count). The van der Waals surface area contributed by atoms with Gasteiger partial charge in [0.2, 0.25) is 12.7 Å². The van der Waals surface area contributed by atoms with Gasteiger partial charge in [-0.25, -0.2) is 4.98 Å². The van der Waals surface area contributed by atoms with Crippen molar-refractivity contribution in [3.8, 4) is 11.5 Å². The van der Waals surface area contributed by atoms with Gasteiger partial charge in [-0.05, 0) is 30.2 Å². The number of hydrogen-bond donors (Lipinski definition) is 1. The Kier molecular flexibility index (Phi) is 6.08. The molecular formula is C20H27N5O3.